The Kier molecular flexibility index (Phi) is 4.62. The van der Waals surface area contributed by atoms with Crippen LogP contribution in [0.2, 0.25) is 0 Å². The highest BCUT2D eigenvalue weighted by Gasteiger charge is 2.43. The van der Waals surface area contributed by atoms with Gasteiger partial charge in [0.25, 0.3) is 0 Å². The summed E-state index contributed by atoms with van der Waals surface area (Å²) in [6.07, 6.45) is 12.3. The standard InChI is InChI=1S/C19H26O2/c20-18(16-10-4-1-5-11-16)21-19(14-8-3-9-15-19)17-12-6-2-7-13-17/h1,4-5,10-11,17H,2-3,6-9,12-15H2. The van der Waals surface area contributed by atoms with Gasteiger partial charge in [-0.05, 0) is 56.6 Å². The topological polar surface area (TPSA) is 26.3 Å². The fourth-order valence-corrected chi connectivity index (χ4v) is 4.19. The van der Waals surface area contributed by atoms with Crippen LogP contribution in [-0.2, 0) is 4.74 Å². The summed E-state index contributed by atoms with van der Waals surface area (Å²) in [5.41, 5.74) is 0.518. The van der Waals surface area contributed by atoms with Gasteiger partial charge < -0.3 is 4.74 Å². The molecule has 3 rings (SSSR count). The number of benzene rings is 1. The van der Waals surface area contributed by atoms with Gasteiger partial charge in [-0.3, -0.25) is 0 Å². The average Bonchev–Trinajstić information content (AvgIpc) is 2.57. The molecular weight excluding hydrogens is 260 g/mol. The van der Waals surface area contributed by atoms with E-state index in [1.165, 1.54) is 51.4 Å². The quantitative estimate of drug-likeness (QED) is 0.720. The molecule has 0 amide bonds. The lowest BCUT2D eigenvalue weighted by atomic mass is 9.69. The first-order chi connectivity index (χ1) is 10.3. The van der Waals surface area contributed by atoms with Crippen LogP contribution < -0.4 is 0 Å². The molecule has 2 aliphatic carbocycles. The Morgan fingerprint density at radius 3 is 2.19 bits per heavy atom. The van der Waals surface area contributed by atoms with Crippen molar-refractivity contribution in [3.63, 3.8) is 0 Å². The summed E-state index contributed by atoms with van der Waals surface area (Å²) in [4.78, 5) is 12.5. The largest absolute Gasteiger partial charge is 0.455 e. The molecule has 2 fully saturated rings. The first kappa shape index (κ1) is 14.6. The Morgan fingerprint density at radius 1 is 0.905 bits per heavy atom. The summed E-state index contributed by atoms with van der Waals surface area (Å²) in [5.74, 6) is 0.460. The summed E-state index contributed by atoms with van der Waals surface area (Å²) in [6, 6.07) is 9.48. The molecule has 1 aromatic rings. The molecule has 2 nitrogen and oxygen atoms in total. The first-order valence-electron chi connectivity index (χ1n) is 8.59. The third-order valence-electron chi connectivity index (χ3n) is 5.35. The zero-order valence-corrected chi connectivity index (χ0v) is 12.9. The lowest BCUT2D eigenvalue weighted by molar-refractivity contribution is -0.0814. The van der Waals surface area contributed by atoms with Crippen LogP contribution in [0, 0.1) is 5.92 Å². The van der Waals surface area contributed by atoms with Crippen LogP contribution in [0.15, 0.2) is 30.3 Å². The van der Waals surface area contributed by atoms with Crippen LogP contribution in [0.25, 0.3) is 0 Å². The molecule has 0 radical (unpaired) electrons. The molecule has 114 valence electrons. The van der Waals surface area contributed by atoms with E-state index in [4.69, 9.17) is 4.74 Å². The molecule has 2 saturated carbocycles. The van der Waals surface area contributed by atoms with Crippen molar-refractivity contribution in [2.75, 3.05) is 0 Å². The van der Waals surface area contributed by atoms with Crippen LogP contribution in [0.3, 0.4) is 0 Å². The molecule has 0 atom stereocenters. The second kappa shape index (κ2) is 6.64. The van der Waals surface area contributed by atoms with Crippen LogP contribution in [0.4, 0.5) is 0 Å². The monoisotopic (exact) mass is 286 g/mol. The zero-order valence-electron chi connectivity index (χ0n) is 12.9. The molecule has 0 N–H and O–H groups in total. The van der Waals surface area contributed by atoms with Crippen LogP contribution >= 0.6 is 0 Å². The zero-order chi connectivity index (χ0) is 14.5. The molecule has 2 aliphatic rings. The van der Waals surface area contributed by atoms with E-state index in [2.05, 4.69) is 0 Å². The molecule has 21 heavy (non-hydrogen) atoms. The van der Waals surface area contributed by atoms with Crippen molar-refractivity contribution in [2.45, 2.75) is 69.8 Å². The van der Waals surface area contributed by atoms with Gasteiger partial charge in [0.05, 0.1) is 5.56 Å². The van der Waals surface area contributed by atoms with Crippen molar-refractivity contribution in [3.05, 3.63) is 35.9 Å². The van der Waals surface area contributed by atoms with Gasteiger partial charge in [-0.2, -0.15) is 0 Å². The number of carbonyl (C=O) groups excluding carboxylic acids is 1. The van der Waals surface area contributed by atoms with E-state index < -0.39 is 0 Å². The SMILES string of the molecule is O=C(OC1(C2CCCCC2)CCCCC1)c1ccccc1. The van der Waals surface area contributed by atoms with Crippen LogP contribution in [-0.4, -0.2) is 11.6 Å². The van der Waals surface area contributed by atoms with E-state index in [1.54, 1.807) is 0 Å². The van der Waals surface area contributed by atoms with Crippen LogP contribution in [0.1, 0.15) is 74.6 Å². The maximum atomic E-state index is 12.5. The molecule has 2 heteroatoms. The summed E-state index contributed by atoms with van der Waals surface area (Å²) in [5, 5.41) is 0. The van der Waals surface area contributed by atoms with Crippen molar-refractivity contribution >= 4 is 5.97 Å². The lowest BCUT2D eigenvalue weighted by Crippen LogP contribution is -2.45. The summed E-state index contributed by atoms with van der Waals surface area (Å²) in [7, 11) is 0. The minimum absolute atomic E-state index is 0.122. The number of rotatable bonds is 3. The van der Waals surface area contributed by atoms with E-state index in [0.717, 1.165) is 12.8 Å². The Labute approximate surface area is 127 Å². The number of hydrogen-bond donors (Lipinski definition) is 0. The summed E-state index contributed by atoms with van der Waals surface area (Å²) in [6.45, 7) is 0. The molecule has 0 unspecified atom stereocenters. The molecule has 1 aromatic carbocycles. The Hall–Kier alpha value is -1.31. The first-order valence-corrected chi connectivity index (χ1v) is 8.59. The Bertz CT molecular complexity index is 454. The number of esters is 1. The maximum absolute atomic E-state index is 12.5. The fourth-order valence-electron chi connectivity index (χ4n) is 4.19. The van der Waals surface area contributed by atoms with Crippen molar-refractivity contribution in [3.8, 4) is 0 Å². The van der Waals surface area contributed by atoms with Gasteiger partial charge in [0.15, 0.2) is 0 Å². The normalized spacial score (nSPS) is 22.7. The second-order valence-electron chi connectivity index (χ2n) is 6.72. The molecular formula is C19H26O2. The number of carbonyl (C=O) groups is 1. The van der Waals surface area contributed by atoms with Crippen molar-refractivity contribution < 1.29 is 9.53 Å². The van der Waals surface area contributed by atoms with Gasteiger partial charge >= 0.3 is 5.97 Å². The maximum Gasteiger partial charge on any atom is 0.338 e. The second-order valence-corrected chi connectivity index (χ2v) is 6.72. The van der Waals surface area contributed by atoms with E-state index >= 15 is 0 Å². The van der Waals surface area contributed by atoms with Gasteiger partial charge in [0, 0.05) is 0 Å². The van der Waals surface area contributed by atoms with E-state index in [0.29, 0.717) is 11.5 Å². The van der Waals surface area contributed by atoms with Crippen molar-refractivity contribution in [2.24, 2.45) is 5.92 Å². The molecule has 0 saturated heterocycles. The molecule has 0 spiro atoms. The van der Waals surface area contributed by atoms with E-state index in [-0.39, 0.29) is 11.6 Å². The molecule has 0 heterocycles. The Balaban J connectivity index is 1.77. The highest BCUT2D eigenvalue weighted by atomic mass is 16.6. The number of ether oxygens (including phenoxy) is 1. The van der Waals surface area contributed by atoms with Gasteiger partial charge in [0.2, 0.25) is 0 Å². The van der Waals surface area contributed by atoms with E-state index in [9.17, 15) is 4.79 Å². The van der Waals surface area contributed by atoms with Gasteiger partial charge in [0.1, 0.15) is 5.60 Å². The highest BCUT2D eigenvalue weighted by molar-refractivity contribution is 5.89. The Morgan fingerprint density at radius 2 is 1.52 bits per heavy atom. The van der Waals surface area contributed by atoms with Crippen molar-refractivity contribution in [1.29, 1.82) is 0 Å². The number of hydrogen-bond acceptors (Lipinski definition) is 2. The average molecular weight is 286 g/mol. The molecule has 0 aromatic heterocycles. The van der Waals surface area contributed by atoms with Crippen molar-refractivity contribution in [1.82, 2.24) is 0 Å². The van der Waals surface area contributed by atoms with Gasteiger partial charge in [-0.15, -0.1) is 0 Å². The summed E-state index contributed by atoms with van der Waals surface area (Å²) < 4.78 is 6.17. The van der Waals surface area contributed by atoms with Gasteiger partial charge in [-0.25, -0.2) is 4.79 Å². The highest BCUT2D eigenvalue weighted by Crippen LogP contribution is 2.44. The minimum Gasteiger partial charge on any atom is -0.455 e. The van der Waals surface area contributed by atoms with Crippen LogP contribution in [0.5, 0.6) is 0 Å². The molecule has 0 aliphatic heterocycles. The fraction of sp³-hybridized carbons (Fsp3) is 0.632. The summed E-state index contributed by atoms with van der Waals surface area (Å²) >= 11 is 0. The lowest BCUT2D eigenvalue weighted by Gasteiger charge is -2.44. The third-order valence-corrected chi connectivity index (χ3v) is 5.35. The smallest absolute Gasteiger partial charge is 0.338 e. The third kappa shape index (κ3) is 3.30. The predicted octanol–water partition coefficient (Wildman–Crippen LogP) is 5.13. The van der Waals surface area contributed by atoms with Gasteiger partial charge in [-0.1, -0.05) is 43.9 Å². The predicted molar refractivity (Wildman–Crippen MR) is 84.2 cm³/mol. The minimum atomic E-state index is -0.175. The molecule has 0 bridgehead atoms. The van der Waals surface area contributed by atoms with E-state index in [1.807, 2.05) is 30.3 Å².